The number of hydrogen-bond acceptors (Lipinski definition) is 2. The maximum Gasteiger partial charge on any atom is 0.315 e. The highest BCUT2D eigenvalue weighted by molar-refractivity contribution is 5.74. The van der Waals surface area contributed by atoms with Gasteiger partial charge in [-0.25, -0.2) is 4.79 Å². The minimum atomic E-state index is -0.0358. The number of piperidine rings is 1. The average molecular weight is 227 g/mol. The molecule has 1 fully saturated rings. The van der Waals surface area contributed by atoms with E-state index >= 15 is 0 Å². The lowest BCUT2D eigenvalue weighted by Gasteiger charge is -2.26. The first kappa shape index (κ1) is 13.3. The Kier molecular flexibility index (Phi) is 6.23. The van der Waals surface area contributed by atoms with E-state index in [4.69, 9.17) is 0 Å². The van der Waals surface area contributed by atoms with Crippen LogP contribution in [0.2, 0.25) is 0 Å². The van der Waals surface area contributed by atoms with E-state index in [2.05, 4.69) is 22.5 Å². The first-order chi connectivity index (χ1) is 7.72. The van der Waals surface area contributed by atoms with Crippen LogP contribution in [0, 0.1) is 0 Å². The van der Waals surface area contributed by atoms with Gasteiger partial charge >= 0.3 is 6.03 Å². The van der Waals surface area contributed by atoms with Crippen LogP contribution in [0.5, 0.6) is 0 Å². The number of hydrogen-bond donors (Lipinski definition) is 2. The van der Waals surface area contributed by atoms with Crippen molar-refractivity contribution >= 4 is 6.03 Å². The molecule has 16 heavy (non-hydrogen) atoms. The van der Waals surface area contributed by atoms with Gasteiger partial charge in [-0.05, 0) is 39.3 Å². The van der Waals surface area contributed by atoms with Crippen molar-refractivity contribution in [3.05, 3.63) is 0 Å². The van der Waals surface area contributed by atoms with Gasteiger partial charge in [-0.15, -0.1) is 0 Å². The van der Waals surface area contributed by atoms with Crippen molar-refractivity contribution in [2.45, 2.75) is 45.6 Å². The van der Waals surface area contributed by atoms with Gasteiger partial charge in [-0.3, -0.25) is 0 Å². The zero-order chi connectivity index (χ0) is 11.8. The van der Waals surface area contributed by atoms with E-state index in [1.165, 1.54) is 32.4 Å². The predicted molar refractivity (Wildman–Crippen MR) is 66.6 cm³/mol. The van der Waals surface area contributed by atoms with Gasteiger partial charge in [0.1, 0.15) is 0 Å². The minimum Gasteiger partial charge on any atom is -0.337 e. The average Bonchev–Trinajstić information content (AvgIpc) is 2.30. The first-order valence-corrected chi connectivity index (χ1v) is 6.49. The molecule has 1 rings (SSSR count). The zero-order valence-corrected chi connectivity index (χ0v) is 10.6. The van der Waals surface area contributed by atoms with Crippen molar-refractivity contribution in [3.63, 3.8) is 0 Å². The van der Waals surface area contributed by atoms with E-state index in [9.17, 15) is 4.79 Å². The van der Waals surface area contributed by atoms with Crippen LogP contribution < -0.4 is 10.6 Å². The molecule has 1 aliphatic heterocycles. The molecule has 0 aliphatic carbocycles. The summed E-state index contributed by atoms with van der Waals surface area (Å²) in [5, 5.41) is 5.80. The normalized spacial score (nSPS) is 19.1. The lowest BCUT2D eigenvalue weighted by atomic mass is 10.1. The summed E-state index contributed by atoms with van der Waals surface area (Å²) in [6.07, 6.45) is 4.94. The zero-order valence-electron chi connectivity index (χ0n) is 10.6. The van der Waals surface area contributed by atoms with Gasteiger partial charge in [0.25, 0.3) is 0 Å². The molecule has 94 valence electrons. The third kappa shape index (κ3) is 5.35. The van der Waals surface area contributed by atoms with Gasteiger partial charge in [-0.1, -0.05) is 13.3 Å². The molecule has 0 unspecified atom stereocenters. The number of rotatable bonds is 5. The molecule has 0 saturated carbocycles. The van der Waals surface area contributed by atoms with E-state index in [0.29, 0.717) is 0 Å². The molecule has 0 spiro atoms. The quantitative estimate of drug-likeness (QED) is 0.749. The Morgan fingerprint density at radius 1 is 1.31 bits per heavy atom. The number of likely N-dealkylation sites (tertiary alicyclic amines) is 1. The molecule has 1 atom stereocenters. The highest BCUT2D eigenvalue weighted by Gasteiger charge is 2.10. The fraction of sp³-hybridized carbons (Fsp3) is 0.917. The third-order valence-electron chi connectivity index (χ3n) is 3.15. The highest BCUT2D eigenvalue weighted by Crippen LogP contribution is 2.07. The molecule has 2 N–H and O–H groups in total. The van der Waals surface area contributed by atoms with Crippen molar-refractivity contribution in [1.29, 1.82) is 0 Å². The SMILES string of the molecule is CC[C@H](C)NC(=O)NCCN1CCCCC1. The van der Waals surface area contributed by atoms with E-state index in [0.717, 1.165) is 19.5 Å². The van der Waals surface area contributed by atoms with Crippen LogP contribution in [0.15, 0.2) is 0 Å². The van der Waals surface area contributed by atoms with Gasteiger partial charge in [0.05, 0.1) is 0 Å². The van der Waals surface area contributed by atoms with Crippen LogP contribution in [0.4, 0.5) is 4.79 Å². The summed E-state index contributed by atoms with van der Waals surface area (Å²) in [6.45, 7) is 8.20. The first-order valence-electron chi connectivity index (χ1n) is 6.49. The van der Waals surface area contributed by atoms with Gasteiger partial charge in [0.15, 0.2) is 0 Å². The van der Waals surface area contributed by atoms with Crippen LogP contribution in [-0.2, 0) is 0 Å². The maximum absolute atomic E-state index is 11.4. The molecule has 0 aromatic heterocycles. The van der Waals surface area contributed by atoms with Crippen LogP contribution in [0.25, 0.3) is 0 Å². The van der Waals surface area contributed by atoms with Crippen molar-refractivity contribution < 1.29 is 4.79 Å². The molecule has 0 aromatic carbocycles. The summed E-state index contributed by atoms with van der Waals surface area (Å²) in [4.78, 5) is 13.8. The van der Waals surface area contributed by atoms with Crippen LogP contribution in [0.1, 0.15) is 39.5 Å². The topological polar surface area (TPSA) is 44.4 Å². The summed E-state index contributed by atoms with van der Waals surface area (Å²) in [5.74, 6) is 0. The number of nitrogens with one attached hydrogen (secondary N) is 2. The summed E-state index contributed by atoms with van der Waals surface area (Å²) < 4.78 is 0. The number of carbonyl (C=O) groups is 1. The lowest BCUT2D eigenvalue weighted by molar-refractivity contribution is 0.219. The highest BCUT2D eigenvalue weighted by atomic mass is 16.2. The van der Waals surface area contributed by atoms with Gasteiger partial charge < -0.3 is 15.5 Å². The molecule has 1 aliphatic rings. The Labute approximate surface area is 98.8 Å². The molecule has 0 radical (unpaired) electrons. The second kappa shape index (κ2) is 7.49. The van der Waals surface area contributed by atoms with Crippen LogP contribution in [0.3, 0.4) is 0 Å². The molecular formula is C12H25N3O. The predicted octanol–water partition coefficient (Wildman–Crippen LogP) is 1.57. The van der Waals surface area contributed by atoms with Crippen molar-refractivity contribution in [3.8, 4) is 0 Å². The fourth-order valence-corrected chi connectivity index (χ4v) is 1.89. The van der Waals surface area contributed by atoms with Crippen LogP contribution >= 0.6 is 0 Å². The van der Waals surface area contributed by atoms with Gasteiger partial charge in [-0.2, -0.15) is 0 Å². The van der Waals surface area contributed by atoms with E-state index in [1.54, 1.807) is 0 Å². The van der Waals surface area contributed by atoms with Gasteiger partial charge in [0.2, 0.25) is 0 Å². The largest absolute Gasteiger partial charge is 0.337 e. The minimum absolute atomic E-state index is 0.0358. The second-order valence-electron chi connectivity index (χ2n) is 4.61. The van der Waals surface area contributed by atoms with Crippen LogP contribution in [-0.4, -0.2) is 43.2 Å². The standard InChI is InChI=1S/C12H25N3O/c1-3-11(2)14-12(16)13-7-10-15-8-5-4-6-9-15/h11H,3-10H2,1-2H3,(H2,13,14,16)/t11-/m0/s1. The van der Waals surface area contributed by atoms with Gasteiger partial charge in [0, 0.05) is 19.1 Å². The van der Waals surface area contributed by atoms with Crippen molar-refractivity contribution in [1.82, 2.24) is 15.5 Å². The molecule has 1 heterocycles. The van der Waals surface area contributed by atoms with Crippen molar-refractivity contribution in [2.24, 2.45) is 0 Å². The molecular weight excluding hydrogens is 202 g/mol. The summed E-state index contributed by atoms with van der Waals surface area (Å²) >= 11 is 0. The molecule has 1 saturated heterocycles. The Bertz CT molecular complexity index is 202. The fourth-order valence-electron chi connectivity index (χ4n) is 1.89. The summed E-state index contributed by atoms with van der Waals surface area (Å²) in [5.41, 5.74) is 0. The molecule has 2 amide bonds. The van der Waals surface area contributed by atoms with E-state index in [-0.39, 0.29) is 12.1 Å². The molecule has 0 bridgehead atoms. The summed E-state index contributed by atoms with van der Waals surface area (Å²) in [6, 6.07) is 0.223. The van der Waals surface area contributed by atoms with E-state index < -0.39 is 0 Å². The number of amides is 2. The monoisotopic (exact) mass is 227 g/mol. The Morgan fingerprint density at radius 2 is 2.00 bits per heavy atom. The smallest absolute Gasteiger partial charge is 0.315 e. The number of nitrogens with zero attached hydrogens (tertiary/aromatic N) is 1. The number of carbonyl (C=O) groups excluding carboxylic acids is 1. The molecule has 0 aromatic rings. The lowest BCUT2D eigenvalue weighted by Crippen LogP contribution is -2.44. The second-order valence-corrected chi connectivity index (χ2v) is 4.61. The molecule has 4 heteroatoms. The Morgan fingerprint density at radius 3 is 2.62 bits per heavy atom. The van der Waals surface area contributed by atoms with E-state index in [1.807, 2.05) is 6.92 Å². The maximum atomic E-state index is 11.4. The third-order valence-corrected chi connectivity index (χ3v) is 3.15. The summed E-state index contributed by atoms with van der Waals surface area (Å²) in [7, 11) is 0. The van der Waals surface area contributed by atoms with Crippen molar-refractivity contribution in [2.75, 3.05) is 26.2 Å². The molecule has 4 nitrogen and oxygen atoms in total. The Hall–Kier alpha value is -0.770. The Balaban J connectivity index is 2.03. The number of urea groups is 1.